The van der Waals surface area contributed by atoms with E-state index in [1.807, 2.05) is 0 Å². The van der Waals surface area contributed by atoms with E-state index in [0.29, 0.717) is 12.1 Å². The first-order valence-corrected chi connectivity index (χ1v) is 13.3. The lowest BCUT2D eigenvalue weighted by Gasteiger charge is -2.32. The Morgan fingerprint density at radius 3 is 1.14 bits per heavy atom. The first kappa shape index (κ1) is 26.1. The summed E-state index contributed by atoms with van der Waals surface area (Å²) in [5.74, 6) is 0. The van der Waals surface area contributed by atoms with Crippen molar-refractivity contribution in [3.8, 4) is 0 Å². The average Bonchev–Trinajstić information content (AvgIpc) is 3.36. The smallest absolute Gasteiger partial charge is 0.399 e. The molecule has 0 bridgehead atoms. The molecule has 0 aliphatic carbocycles. The van der Waals surface area contributed by atoms with E-state index >= 15 is 0 Å². The highest BCUT2D eigenvalue weighted by Gasteiger charge is 2.52. The highest BCUT2D eigenvalue weighted by molar-refractivity contribution is 6.62. The molecule has 0 amide bonds. The quantitative estimate of drug-likeness (QED) is 0.616. The second-order valence-corrected chi connectivity index (χ2v) is 12.8. The van der Waals surface area contributed by atoms with Crippen molar-refractivity contribution in [2.75, 3.05) is 0 Å². The lowest BCUT2D eigenvalue weighted by molar-refractivity contribution is 0.00578. The maximum absolute atomic E-state index is 6.23. The van der Waals surface area contributed by atoms with E-state index in [0.717, 1.165) is 23.8 Å². The van der Waals surface area contributed by atoms with Gasteiger partial charge in [-0.25, -0.2) is 0 Å². The van der Waals surface area contributed by atoms with Gasteiger partial charge in [0.05, 0.1) is 22.4 Å². The monoisotopic (exact) mass is 487 g/mol. The van der Waals surface area contributed by atoms with Crippen molar-refractivity contribution in [3.05, 3.63) is 59.7 Å². The molecule has 2 unspecified atom stereocenters. The minimum absolute atomic E-state index is 0.319. The molecule has 3 aliphatic rings. The molecule has 3 fully saturated rings. The molecular formula is C28H40B3NO4. The van der Waals surface area contributed by atoms with E-state index < -0.39 is 0 Å². The third-order valence-electron chi connectivity index (χ3n) is 9.39. The molecule has 0 aromatic heterocycles. The highest BCUT2D eigenvalue weighted by Crippen LogP contribution is 2.42. The van der Waals surface area contributed by atoms with Gasteiger partial charge in [0, 0.05) is 12.1 Å². The Balaban J connectivity index is 1.25. The number of hydrogen-bond donors (Lipinski definition) is 0. The molecule has 0 radical (unpaired) electrons. The van der Waals surface area contributed by atoms with Crippen LogP contribution in [0.1, 0.15) is 91.4 Å². The third-order valence-corrected chi connectivity index (χ3v) is 9.39. The second kappa shape index (κ2) is 8.74. The fourth-order valence-corrected chi connectivity index (χ4v) is 5.45. The zero-order chi connectivity index (χ0) is 26.1. The molecule has 0 saturated carbocycles. The molecule has 3 aliphatic heterocycles. The summed E-state index contributed by atoms with van der Waals surface area (Å²) in [5.41, 5.74) is 3.53. The second-order valence-electron chi connectivity index (χ2n) is 12.8. The van der Waals surface area contributed by atoms with E-state index in [2.05, 4.69) is 117 Å². The summed E-state index contributed by atoms with van der Waals surface area (Å²) in [7, 11) is 1.60. The van der Waals surface area contributed by atoms with Crippen molar-refractivity contribution < 1.29 is 18.6 Å². The summed E-state index contributed by atoms with van der Waals surface area (Å²) < 4.78 is 24.9. The Labute approximate surface area is 218 Å². The first-order valence-electron chi connectivity index (χ1n) is 13.3. The molecule has 5 rings (SSSR count). The van der Waals surface area contributed by atoms with E-state index in [4.69, 9.17) is 18.6 Å². The van der Waals surface area contributed by atoms with Crippen molar-refractivity contribution >= 4 is 33.1 Å². The van der Waals surface area contributed by atoms with Crippen LogP contribution in [0.15, 0.2) is 48.5 Å². The largest absolute Gasteiger partial charge is 0.494 e. The minimum atomic E-state index is -0.326. The summed E-state index contributed by atoms with van der Waals surface area (Å²) >= 11 is 0. The summed E-state index contributed by atoms with van der Waals surface area (Å²) in [6, 6.07) is 18.4. The summed E-state index contributed by atoms with van der Waals surface area (Å²) in [5, 5.41) is 0. The third kappa shape index (κ3) is 4.39. The Bertz CT molecular complexity index is 981. The van der Waals surface area contributed by atoms with Crippen LogP contribution in [0.2, 0.25) is 0 Å². The first-order chi connectivity index (χ1) is 16.7. The molecule has 3 saturated heterocycles. The highest BCUT2D eigenvalue weighted by atomic mass is 16.7. The zero-order valence-electron chi connectivity index (χ0n) is 23.4. The van der Waals surface area contributed by atoms with Crippen LogP contribution in [0.3, 0.4) is 0 Å². The van der Waals surface area contributed by atoms with Gasteiger partial charge >= 0.3 is 14.2 Å². The topological polar surface area (TPSA) is 40.2 Å². The van der Waals surface area contributed by atoms with Gasteiger partial charge < -0.3 is 23.4 Å². The number of rotatable bonds is 4. The fraction of sp³-hybridized carbons (Fsp3) is 0.571. The Kier molecular flexibility index (Phi) is 6.33. The van der Waals surface area contributed by atoms with Gasteiger partial charge in [-0.1, -0.05) is 48.5 Å². The normalized spacial score (nSPS) is 28.7. The molecule has 5 nitrogen and oxygen atoms in total. The van der Waals surface area contributed by atoms with Crippen LogP contribution in [0.4, 0.5) is 0 Å². The summed E-state index contributed by atoms with van der Waals surface area (Å²) in [6.45, 7) is 16.8. The summed E-state index contributed by atoms with van der Waals surface area (Å²) in [4.78, 5) is 2.51. The van der Waals surface area contributed by atoms with E-state index in [1.54, 1.807) is 0 Å². The van der Waals surface area contributed by atoms with Gasteiger partial charge in [0.2, 0.25) is 0 Å². The molecule has 2 aromatic rings. The van der Waals surface area contributed by atoms with Crippen LogP contribution in [0, 0.1) is 0 Å². The van der Waals surface area contributed by atoms with Crippen LogP contribution >= 0.6 is 0 Å². The van der Waals surface area contributed by atoms with Crippen molar-refractivity contribution in [3.63, 3.8) is 0 Å². The van der Waals surface area contributed by atoms with Crippen LogP contribution in [0.5, 0.6) is 0 Å². The molecule has 8 heteroatoms. The predicted octanol–water partition coefficient (Wildman–Crippen LogP) is 3.71. The minimum Gasteiger partial charge on any atom is -0.399 e. The fourth-order valence-electron chi connectivity index (χ4n) is 5.45. The SMILES string of the molecule is BN1C(c2ccc(B3OC(C)(C)C(C)(C)O3)cc2)CCC1c1ccc(B2OC(C)(C)C(C)(C)O2)cc1. The summed E-state index contributed by atoms with van der Waals surface area (Å²) in [6.07, 6.45) is 2.27. The van der Waals surface area contributed by atoms with Gasteiger partial charge in [0.25, 0.3) is 0 Å². The van der Waals surface area contributed by atoms with Gasteiger partial charge in [-0.15, -0.1) is 0 Å². The van der Waals surface area contributed by atoms with Crippen molar-refractivity contribution in [1.29, 1.82) is 0 Å². The van der Waals surface area contributed by atoms with E-state index in [1.165, 1.54) is 11.1 Å². The van der Waals surface area contributed by atoms with Gasteiger partial charge in [0.15, 0.2) is 7.98 Å². The van der Waals surface area contributed by atoms with Crippen LogP contribution < -0.4 is 10.9 Å². The van der Waals surface area contributed by atoms with Crippen LogP contribution in [-0.4, -0.2) is 49.4 Å². The number of hydrogen-bond acceptors (Lipinski definition) is 5. The lowest BCUT2D eigenvalue weighted by Crippen LogP contribution is -2.41. The number of benzene rings is 2. The van der Waals surface area contributed by atoms with Gasteiger partial charge in [-0.05, 0) is 90.3 Å². The molecule has 0 spiro atoms. The molecule has 190 valence electrons. The Morgan fingerprint density at radius 2 is 0.861 bits per heavy atom. The van der Waals surface area contributed by atoms with Crippen LogP contribution in [-0.2, 0) is 18.6 Å². The van der Waals surface area contributed by atoms with Crippen molar-refractivity contribution in [2.24, 2.45) is 0 Å². The zero-order valence-corrected chi connectivity index (χ0v) is 23.4. The Hall–Kier alpha value is -1.57. The average molecular weight is 487 g/mol. The van der Waals surface area contributed by atoms with Crippen LogP contribution in [0.25, 0.3) is 0 Å². The maximum atomic E-state index is 6.23. The van der Waals surface area contributed by atoms with Crippen molar-refractivity contribution in [2.45, 2.75) is 103 Å². The van der Waals surface area contributed by atoms with E-state index in [9.17, 15) is 0 Å². The molecule has 3 heterocycles. The van der Waals surface area contributed by atoms with Gasteiger partial charge in [0.1, 0.15) is 0 Å². The van der Waals surface area contributed by atoms with E-state index in [-0.39, 0.29) is 36.6 Å². The van der Waals surface area contributed by atoms with Gasteiger partial charge in [-0.2, -0.15) is 0 Å². The predicted molar refractivity (Wildman–Crippen MR) is 149 cm³/mol. The standard InChI is InChI=1S/C28H40B3NO4/c1-25(2)26(3,4)34-30(33-25)21-13-9-19(10-14-21)23-17-18-24(32(23)29)20-11-15-22(16-12-20)31-35-27(5,6)28(7,8)36-31/h9-16,23-24H,17-18,29H2,1-8H3. The van der Waals surface area contributed by atoms with Crippen molar-refractivity contribution in [1.82, 2.24) is 4.81 Å². The molecule has 2 aromatic carbocycles. The molecule has 36 heavy (non-hydrogen) atoms. The van der Waals surface area contributed by atoms with Gasteiger partial charge in [-0.3, -0.25) is 0 Å². The maximum Gasteiger partial charge on any atom is 0.494 e. The lowest BCUT2D eigenvalue weighted by atomic mass is 9.78. The molecule has 2 atom stereocenters. The number of nitrogens with zero attached hydrogens (tertiary/aromatic N) is 1. The Morgan fingerprint density at radius 1 is 0.583 bits per heavy atom. The molecular weight excluding hydrogens is 447 g/mol. The molecule has 0 N–H and O–H groups in total.